The summed E-state index contributed by atoms with van der Waals surface area (Å²) in [4.78, 5) is 18.4. The van der Waals surface area contributed by atoms with Gasteiger partial charge < -0.3 is 4.90 Å². The quantitative estimate of drug-likeness (QED) is 0.800. The van der Waals surface area contributed by atoms with E-state index in [4.69, 9.17) is 0 Å². The van der Waals surface area contributed by atoms with Gasteiger partial charge >= 0.3 is 0 Å². The molecule has 1 aliphatic carbocycles. The van der Waals surface area contributed by atoms with Gasteiger partial charge in [-0.3, -0.25) is 9.79 Å². The monoisotopic (exact) mass is 256 g/mol. The van der Waals surface area contributed by atoms with Crippen molar-refractivity contribution >= 4 is 17.8 Å². The van der Waals surface area contributed by atoms with E-state index in [0.717, 1.165) is 17.8 Å². The summed E-state index contributed by atoms with van der Waals surface area (Å²) in [6, 6.07) is 8.14. The van der Waals surface area contributed by atoms with Crippen LogP contribution in [0.3, 0.4) is 0 Å². The van der Waals surface area contributed by atoms with Gasteiger partial charge in [0.2, 0.25) is 0 Å². The number of amides is 1. The Labute approximate surface area is 114 Å². The topological polar surface area (TPSA) is 32.7 Å². The molecule has 1 aromatic carbocycles. The first kappa shape index (κ1) is 12.4. The van der Waals surface area contributed by atoms with Crippen molar-refractivity contribution in [3.8, 4) is 0 Å². The molecule has 0 aromatic heterocycles. The van der Waals surface area contributed by atoms with Crippen molar-refractivity contribution < 1.29 is 4.79 Å². The zero-order chi connectivity index (χ0) is 13.1. The molecule has 0 bridgehead atoms. The highest BCUT2D eigenvalue weighted by Gasteiger charge is 2.24. The van der Waals surface area contributed by atoms with Crippen LogP contribution in [0.5, 0.6) is 0 Å². The van der Waals surface area contributed by atoms with E-state index >= 15 is 0 Å². The van der Waals surface area contributed by atoms with Crippen molar-refractivity contribution in [3.63, 3.8) is 0 Å². The van der Waals surface area contributed by atoms with Gasteiger partial charge in [0.15, 0.2) is 0 Å². The Kier molecular flexibility index (Phi) is 3.62. The summed E-state index contributed by atoms with van der Waals surface area (Å²) in [6.45, 7) is 1.46. The van der Waals surface area contributed by atoms with E-state index in [1.165, 1.54) is 38.3 Å². The van der Waals surface area contributed by atoms with Gasteiger partial charge in [-0.2, -0.15) is 0 Å². The molecule has 0 radical (unpaired) electrons. The van der Waals surface area contributed by atoms with E-state index in [2.05, 4.69) is 11.1 Å². The molecule has 3 rings (SSSR count). The summed E-state index contributed by atoms with van der Waals surface area (Å²) in [7, 11) is 0. The number of aliphatic imine (C=N–C) groups is 1. The molecule has 1 heterocycles. The predicted octanol–water partition coefficient (Wildman–Crippen LogP) is 3.18. The van der Waals surface area contributed by atoms with Crippen LogP contribution in [-0.2, 0) is 11.3 Å². The Morgan fingerprint density at radius 2 is 1.95 bits per heavy atom. The molecule has 0 unspecified atom stereocenters. The Bertz CT molecular complexity index is 489. The van der Waals surface area contributed by atoms with Gasteiger partial charge in [0.1, 0.15) is 0 Å². The molecule has 1 aliphatic heterocycles. The molecule has 1 aromatic rings. The number of para-hydroxylation sites is 1. The molecule has 100 valence electrons. The molecular formula is C16H20N2O. The van der Waals surface area contributed by atoms with Crippen molar-refractivity contribution in [3.05, 3.63) is 29.8 Å². The third-order valence-corrected chi connectivity index (χ3v) is 4.18. The van der Waals surface area contributed by atoms with Gasteiger partial charge in [-0.05, 0) is 30.4 Å². The van der Waals surface area contributed by atoms with Crippen molar-refractivity contribution in [2.24, 2.45) is 10.9 Å². The molecule has 3 nitrogen and oxygen atoms in total. The number of anilines is 1. The second-order valence-electron chi connectivity index (χ2n) is 5.55. The first-order chi connectivity index (χ1) is 9.34. The highest BCUT2D eigenvalue weighted by Crippen LogP contribution is 2.29. The Morgan fingerprint density at radius 3 is 2.79 bits per heavy atom. The van der Waals surface area contributed by atoms with Gasteiger partial charge in [0.25, 0.3) is 5.91 Å². The molecule has 0 atom stereocenters. The van der Waals surface area contributed by atoms with E-state index in [9.17, 15) is 4.79 Å². The number of rotatable bonds is 2. The third-order valence-electron chi connectivity index (χ3n) is 4.18. The lowest BCUT2D eigenvalue weighted by Gasteiger charge is -2.29. The van der Waals surface area contributed by atoms with Gasteiger partial charge in [-0.15, -0.1) is 0 Å². The number of benzene rings is 1. The molecule has 2 aliphatic rings. The van der Waals surface area contributed by atoms with Crippen LogP contribution in [0.25, 0.3) is 0 Å². The van der Waals surface area contributed by atoms with Crippen LogP contribution < -0.4 is 4.90 Å². The van der Waals surface area contributed by atoms with E-state index in [1.807, 2.05) is 23.1 Å². The minimum atomic E-state index is 0.0375. The lowest BCUT2D eigenvalue weighted by Crippen LogP contribution is -2.36. The summed E-state index contributed by atoms with van der Waals surface area (Å²) in [6.07, 6.45) is 7.96. The fourth-order valence-corrected chi connectivity index (χ4v) is 3.13. The summed E-state index contributed by atoms with van der Waals surface area (Å²) in [5, 5.41) is 0. The standard InChI is InChI=1S/C16H20N2O/c19-16-11-17-10-14-8-4-5-9-15(14)18(16)12-13-6-2-1-3-7-13/h4-5,8-9,11,13H,1-3,6-7,10,12H2. The van der Waals surface area contributed by atoms with Crippen LogP contribution in [0.2, 0.25) is 0 Å². The van der Waals surface area contributed by atoms with Crippen LogP contribution in [0.4, 0.5) is 5.69 Å². The molecule has 1 fully saturated rings. The third kappa shape index (κ3) is 2.70. The largest absolute Gasteiger partial charge is 0.307 e. The van der Waals surface area contributed by atoms with Crippen molar-refractivity contribution in [2.75, 3.05) is 11.4 Å². The molecular weight excluding hydrogens is 236 g/mol. The number of carbonyl (C=O) groups is 1. The molecule has 0 spiro atoms. The number of nitrogens with zero attached hydrogens (tertiary/aromatic N) is 2. The summed E-state index contributed by atoms with van der Waals surface area (Å²) >= 11 is 0. The maximum Gasteiger partial charge on any atom is 0.268 e. The van der Waals surface area contributed by atoms with E-state index in [0.29, 0.717) is 12.5 Å². The summed E-state index contributed by atoms with van der Waals surface area (Å²) in [5.74, 6) is 0.688. The predicted molar refractivity (Wildman–Crippen MR) is 77.6 cm³/mol. The zero-order valence-corrected chi connectivity index (χ0v) is 11.2. The minimum Gasteiger partial charge on any atom is -0.307 e. The highest BCUT2D eigenvalue weighted by atomic mass is 16.2. The molecule has 1 amide bonds. The molecule has 1 saturated carbocycles. The lowest BCUT2D eigenvalue weighted by molar-refractivity contribution is -0.112. The summed E-state index contributed by atoms with van der Waals surface area (Å²) in [5.41, 5.74) is 2.20. The maximum absolute atomic E-state index is 12.2. The smallest absolute Gasteiger partial charge is 0.268 e. The van der Waals surface area contributed by atoms with Gasteiger partial charge in [-0.1, -0.05) is 37.5 Å². The Balaban J connectivity index is 1.85. The second-order valence-corrected chi connectivity index (χ2v) is 5.55. The average Bonchev–Trinajstić information content (AvgIpc) is 2.61. The lowest BCUT2D eigenvalue weighted by atomic mass is 9.88. The van der Waals surface area contributed by atoms with Crippen molar-refractivity contribution in [2.45, 2.75) is 38.6 Å². The van der Waals surface area contributed by atoms with Crippen molar-refractivity contribution in [1.29, 1.82) is 0 Å². The van der Waals surface area contributed by atoms with Crippen LogP contribution in [-0.4, -0.2) is 18.7 Å². The van der Waals surface area contributed by atoms with Crippen LogP contribution in [0.15, 0.2) is 29.3 Å². The molecule has 3 heteroatoms. The van der Waals surface area contributed by atoms with E-state index < -0.39 is 0 Å². The molecule has 0 N–H and O–H groups in total. The first-order valence-electron chi connectivity index (χ1n) is 7.24. The normalized spacial score (nSPS) is 20.2. The van der Waals surface area contributed by atoms with Crippen LogP contribution >= 0.6 is 0 Å². The SMILES string of the molecule is O=C1C=NCc2ccccc2N1CC1CCCCC1. The average molecular weight is 256 g/mol. The summed E-state index contributed by atoms with van der Waals surface area (Å²) < 4.78 is 0. The van der Waals surface area contributed by atoms with Crippen molar-refractivity contribution in [1.82, 2.24) is 0 Å². The van der Waals surface area contributed by atoms with Gasteiger partial charge in [0, 0.05) is 12.2 Å². The first-order valence-corrected chi connectivity index (χ1v) is 7.24. The number of carbonyl (C=O) groups excluding carboxylic acids is 1. The zero-order valence-electron chi connectivity index (χ0n) is 11.2. The fourth-order valence-electron chi connectivity index (χ4n) is 3.13. The Morgan fingerprint density at radius 1 is 1.16 bits per heavy atom. The molecule has 0 saturated heterocycles. The van der Waals surface area contributed by atoms with E-state index in [-0.39, 0.29) is 5.91 Å². The number of hydrogen-bond donors (Lipinski definition) is 0. The van der Waals surface area contributed by atoms with Gasteiger partial charge in [0.05, 0.1) is 12.8 Å². The maximum atomic E-state index is 12.2. The second kappa shape index (κ2) is 5.55. The highest BCUT2D eigenvalue weighted by molar-refractivity contribution is 6.33. The van der Waals surface area contributed by atoms with Crippen LogP contribution in [0.1, 0.15) is 37.7 Å². The minimum absolute atomic E-state index is 0.0375. The number of fused-ring (bicyclic) bond motifs is 1. The van der Waals surface area contributed by atoms with Gasteiger partial charge in [-0.25, -0.2) is 0 Å². The Hall–Kier alpha value is -1.64. The molecule has 19 heavy (non-hydrogen) atoms. The number of hydrogen-bond acceptors (Lipinski definition) is 2. The fraction of sp³-hybridized carbons (Fsp3) is 0.500. The van der Waals surface area contributed by atoms with E-state index in [1.54, 1.807) is 0 Å². The van der Waals surface area contributed by atoms with Crippen LogP contribution in [0, 0.1) is 5.92 Å².